The second-order valence-electron chi connectivity index (χ2n) is 7.50. The highest BCUT2D eigenvalue weighted by Gasteiger charge is 2.32. The Morgan fingerprint density at radius 2 is 2.04 bits per heavy atom. The van der Waals surface area contributed by atoms with Crippen LogP contribution in [0.2, 0.25) is 0 Å². The lowest BCUT2D eigenvalue weighted by molar-refractivity contribution is 0.167. The molecule has 0 radical (unpaired) electrons. The SMILES string of the molecule is N#CCC1CCC(c2nc3c(n2O)-c2cccnc2Nc2cnccc2-3)CC1. The number of pyridine rings is 2. The van der Waals surface area contributed by atoms with Crippen molar-refractivity contribution in [2.24, 2.45) is 5.92 Å². The summed E-state index contributed by atoms with van der Waals surface area (Å²) >= 11 is 0. The summed E-state index contributed by atoms with van der Waals surface area (Å²) in [4.78, 5) is 13.6. The Labute approximate surface area is 162 Å². The van der Waals surface area contributed by atoms with E-state index in [9.17, 15) is 5.21 Å². The van der Waals surface area contributed by atoms with Gasteiger partial charge in [-0.15, -0.1) is 0 Å². The summed E-state index contributed by atoms with van der Waals surface area (Å²) in [5.41, 5.74) is 3.94. The number of nitriles is 1. The van der Waals surface area contributed by atoms with E-state index < -0.39 is 0 Å². The van der Waals surface area contributed by atoms with Crippen molar-refractivity contribution in [3.05, 3.63) is 42.6 Å². The van der Waals surface area contributed by atoms with Gasteiger partial charge in [0.05, 0.1) is 18.0 Å². The molecular weight excluding hydrogens is 352 g/mol. The number of nitrogens with one attached hydrogen (secondary N) is 1. The van der Waals surface area contributed by atoms with Crippen molar-refractivity contribution < 1.29 is 5.21 Å². The van der Waals surface area contributed by atoms with E-state index >= 15 is 0 Å². The number of rotatable bonds is 2. The van der Waals surface area contributed by atoms with Crippen LogP contribution in [-0.2, 0) is 0 Å². The van der Waals surface area contributed by atoms with Crippen molar-refractivity contribution in [1.29, 1.82) is 5.26 Å². The zero-order chi connectivity index (χ0) is 19.1. The molecule has 0 unspecified atom stereocenters. The first-order chi connectivity index (χ1) is 13.8. The van der Waals surface area contributed by atoms with E-state index in [0.717, 1.165) is 48.2 Å². The van der Waals surface area contributed by atoms with Gasteiger partial charge in [-0.1, -0.05) is 0 Å². The summed E-state index contributed by atoms with van der Waals surface area (Å²) in [5, 5.41) is 23.4. The molecule has 7 heteroatoms. The maximum absolute atomic E-state index is 11.1. The second kappa shape index (κ2) is 6.64. The van der Waals surface area contributed by atoms with Crippen LogP contribution >= 0.6 is 0 Å². The summed E-state index contributed by atoms with van der Waals surface area (Å²) in [7, 11) is 0. The zero-order valence-electron chi connectivity index (χ0n) is 15.3. The monoisotopic (exact) mass is 372 g/mol. The molecule has 0 atom stereocenters. The lowest BCUT2D eigenvalue weighted by Gasteiger charge is -2.26. The van der Waals surface area contributed by atoms with E-state index in [4.69, 9.17) is 10.2 Å². The fraction of sp³-hybridized carbons (Fsp3) is 0.333. The minimum Gasteiger partial charge on any atom is -0.427 e. The Bertz CT molecular complexity index is 1070. The van der Waals surface area contributed by atoms with E-state index in [-0.39, 0.29) is 5.92 Å². The van der Waals surface area contributed by atoms with Crippen molar-refractivity contribution in [2.45, 2.75) is 38.0 Å². The summed E-state index contributed by atoms with van der Waals surface area (Å²) in [6.45, 7) is 0. The van der Waals surface area contributed by atoms with Crippen molar-refractivity contribution >= 4 is 11.5 Å². The van der Waals surface area contributed by atoms with Gasteiger partial charge in [-0.25, -0.2) is 9.97 Å². The molecule has 3 aromatic heterocycles. The lowest BCUT2D eigenvalue weighted by atomic mass is 9.80. The predicted octanol–water partition coefficient (Wildman–Crippen LogP) is 4.49. The van der Waals surface area contributed by atoms with Gasteiger partial charge in [0.2, 0.25) is 0 Å². The van der Waals surface area contributed by atoms with Crippen LogP contribution in [0.15, 0.2) is 36.8 Å². The van der Waals surface area contributed by atoms with Crippen molar-refractivity contribution in [1.82, 2.24) is 19.7 Å². The van der Waals surface area contributed by atoms with Gasteiger partial charge in [0.15, 0.2) is 0 Å². The molecule has 0 spiro atoms. The molecule has 2 aliphatic rings. The Kier molecular flexibility index (Phi) is 3.97. The maximum atomic E-state index is 11.1. The molecule has 28 heavy (non-hydrogen) atoms. The highest BCUT2D eigenvalue weighted by molar-refractivity contribution is 5.94. The van der Waals surface area contributed by atoms with Gasteiger partial charge in [-0.3, -0.25) is 4.98 Å². The number of hydrogen-bond acceptors (Lipinski definition) is 6. The van der Waals surface area contributed by atoms with Crippen LogP contribution in [0.25, 0.3) is 22.5 Å². The molecule has 7 nitrogen and oxygen atoms in total. The van der Waals surface area contributed by atoms with Crippen molar-refractivity contribution in [3.8, 4) is 28.6 Å². The zero-order valence-corrected chi connectivity index (χ0v) is 15.3. The molecule has 0 saturated heterocycles. The van der Waals surface area contributed by atoms with Crippen molar-refractivity contribution in [3.63, 3.8) is 0 Å². The number of fused-ring (bicyclic) bond motifs is 5. The predicted molar refractivity (Wildman–Crippen MR) is 104 cm³/mol. The fourth-order valence-corrected chi connectivity index (χ4v) is 4.40. The number of aromatic nitrogens is 4. The van der Waals surface area contributed by atoms with Gasteiger partial charge in [0.25, 0.3) is 0 Å². The Hall–Kier alpha value is -3.40. The van der Waals surface area contributed by atoms with Gasteiger partial charge < -0.3 is 10.5 Å². The topological polar surface area (TPSA) is 99.7 Å². The third-order valence-electron chi connectivity index (χ3n) is 5.86. The standard InChI is InChI=1S/C21H20N6O/c22-9-7-13-3-5-14(6-4-13)21-26-18-15-8-11-23-12-17(15)25-20-16(2-1-10-24-20)19(18)27(21)28/h1-2,8,10-14,28H,3-7H2,(H,24,25). The van der Waals surface area contributed by atoms with Gasteiger partial charge in [-0.2, -0.15) is 9.99 Å². The highest BCUT2D eigenvalue weighted by atomic mass is 16.5. The first-order valence-corrected chi connectivity index (χ1v) is 9.62. The van der Waals surface area contributed by atoms with Gasteiger partial charge in [0.1, 0.15) is 23.0 Å². The molecule has 4 heterocycles. The van der Waals surface area contributed by atoms with Crippen LogP contribution in [-0.4, -0.2) is 24.9 Å². The summed E-state index contributed by atoms with van der Waals surface area (Å²) in [6, 6.07) is 7.99. The van der Waals surface area contributed by atoms with Crippen LogP contribution in [0.3, 0.4) is 0 Å². The Balaban J connectivity index is 1.62. The van der Waals surface area contributed by atoms with E-state index in [2.05, 4.69) is 21.4 Å². The van der Waals surface area contributed by atoms with E-state index in [1.54, 1.807) is 18.6 Å². The molecule has 1 aliphatic heterocycles. The molecule has 3 aromatic rings. The molecule has 0 bridgehead atoms. The molecule has 140 valence electrons. The Morgan fingerprint density at radius 3 is 2.86 bits per heavy atom. The number of hydrogen-bond donors (Lipinski definition) is 2. The molecule has 1 saturated carbocycles. The van der Waals surface area contributed by atoms with Gasteiger partial charge in [-0.05, 0) is 49.8 Å². The molecule has 0 aromatic carbocycles. The Morgan fingerprint density at radius 1 is 1.18 bits per heavy atom. The van der Waals surface area contributed by atoms with Crippen LogP contribution in [0.5, 0.6) is 0 Å². The molecule has 5 rings (SSSR count). The molecule has 1 aliphatic carbocycles. The number of nitrogens with zero attached hydrogens (tertiary/aromatic N) is 5. The van der Waals surface area contributed by atoms with E-state index in [1.807, 2.05) is 18.2 Å². The van der Waals surface area contributed by atoms with E-state index in [1.165, 1.54) is 4.73 Å². The highest BCUT2D eigenvalue weighted by Crippen LogP contribution is 2.45. The number of anilines is 2. The fourth-order valence-electron chi connectivity index (χ4n) is 4.40. The average molecular weight is 372 g/mol. The molecule has 1 fully saturated rings. The summed E-state index contributed by atoms with van der Waals surface area (Å²) in [5.74, 6) is 2.02. The maximum Gasteiger partial charge on any atom is 0.149 e. The third kappa shape index (κ3) is 2.61. The third-order valence-corrected chi connectivity index (χ3v) is 5.86. The average Bonchev–Trinajstić information content (AvgIpc) is 2.99. The minimum absolute atomic E-state index is 0.185. The van der Waals surface area contributed by atoms with Gasteiger partial charge >= 0.3 is 0 Å². The number of imidazole rings is 1. The molecule has 2 N–H and O–H groups in total. The van der Waals surface area contributed by atoms with Gasteiger partial charge in [0, 0.05) is 35.9 Å². The first-order valence-electron chi connectivity index (χ1n) is 9.62. The normalized spacial score (nSPS) is 20.1. The smallest absolute Gasteiger partial charge is 0.149 e. The van der Waals surface area contributed by atoms with E-state index in [0.29, 0.717) is 29.7 Å². The van der Waals surface area contributed by atoms with Crippen molar-refractivity contribution in [2.75, 3.05) is 5.32 Å². The van der Waals surface area contributed by atoms with Crippen LogP contribution in [0, 0.1) is 17.2 Å². The molecule has 0 amide bonds. The second-order valence-corrected chi connectivity index (χ2v) is 7.50. The summed E-state index contributed by atoms with van der Waals surface area (Å²) in [6.07, 6.45) is 9.69. The van der Waals surface area contributed by atoms with Crippen LogP contribution < -0.4 is 5.32 Å². The molecular formula is C21H20N6O. The lowest BCUT2D eigenvalue weighted by Crippen LogP contribution is -2.16. The minimum atomic E-state index is 0.185. The van der Waals surface area contributed by atoms with Crippen LogP contribution in [0.4, 0.5) is 11.5 Å². The largest absolute Gasteiger partial charge is 0.427 e. The summed E-state index contributed by atoms with van der Waals surface area (Å²) < 4.78 is 1.25. The first kappa shape index (κ1) is 16.8. The van der Waals surface area contributed by atoms with Crippen LogP contribution in [0.1, 0.15) is 43.8 Å². The quantitative estimate of drug-likeness (QED) is 0.503.